The van der Waals surface area contributed by atoms with E-state index in [0.29, 0.717) is 18.2 Å². The highest BCUT2D eigenvalue weighted by Crippen LogP contribution is 2.23. The lowest BCUT2D eigenvalue weighted by molar-refractivity contribution is 0.296. The Morgan fingerprint density at radius 1 is 0.923 bits per heavy atom. The first-order valence-electron chi connectivity index (χ1n) is 8.32. The molecule has 0 unspecified atom stereocenters. The molecular formula is C21H21ClN2O2. The van der Waals surface area contributed by atoms with Gasteiger partial charge in [-0.05, 0) is 54.1 Å². The zero-order chi connectivity index (χ0) is 18.2. The van der Waals surface area contributed by atoms with Gasteiger partial charge in [0.15, 0.2) is 0 Å². The Bertz CT molecular complexity index is 823. The van der Waals surface area contributed by atoms with Crippen molar-refractivity contribution in [2.24, 2.45) is 0 Å². The molecule has 0 bridgehead atoms. The lowest BCUT2D eigenvalue weighted by Gasteiger charge is -2.13. The van der Waals surface area contributed by atoms with Crippen molar-refractivity contribution in [3.63, 3.8) is 0 Å². The third kappa shape index (κ3) is 5.15. The maximum absolute atomic E-state index is 5.90. The summed E-state index contributed by atoms with van der Waals surface area (Å²) in [6.07, 6.45) is 0. The van der Waals surface area contributed by atoms with Crippen molar-refractivity contribution in [2.45, 2.75) is 13.2 Å². The SMILES string of the molecule is COc1ccc(CNNc2ccccc2)cc1COc1ccc(Cl)cc1. The van der Waals surface area contributed by atoms with Crippen LogP contribution in [0.3, 0.4) is 0 Å². The van der Waals surface area contributed by atoms with E-state index in [1.807, 2.05) is 66.7 Å². The Labute approximate surface area is 158 Å². The second-order valence-electron chi connectivity index (χ2n) is 5.73. The molecule has 0 aliphatic carbocycles. The number of para-hydroxylation sites is 1. The summed E-state index contributed by atoms with van der Waals surface area (Å²) in [6.45, 7) is 1.09. The number of ether oxygens (including phenoxy) is 2. The molecule has 0 aliphatic rings. The van der Waals surface area contributed by atoms with E-state index in [1.54, 1.807) is 7.11 Å². The lowest BCUT2D eigenvalue weighted by Crippen LogP contribution is -2.20. The fraction of sp³-hybridized carbons (Fsp3) is 0.143. The summed E-state index contributed by atoms with van der Waals surface area (Å²) < 4.78 is 11.3. The second-order valence-corrected chi connectivity index (χ2v) is 6.17. The van der Waals surface area contributed by atoms with Gasteiger partial charge in [0, 0.05) is 22.8 Å². The molecule has 0 aromatic heterocycles. The van der Waals surface area contributed by atoms with Crippen LogP contribution in [0.2, 0.25) is 5.02 Å². The molecule has 0 fully saturated rings. The van der Waals surface area contributed by atoms with Crippen LogP contribution in [0.1, 0.15) is 11.1 Å². The maximum atomic E-state index is 5.90. The number of rotatable bonds is 8. The predicted molar refractivity (Wildman–Crippen MR) is 106 cm³/mol. The molecule has 0 heterocycles. The van der Waals surface area contributed by atoms with Crippen molar-refractivity contribution in [1.29, 1.82) is 0 Å². The molecule has 0 saturated heterocycles. The first-order chi connectivity index (χ1) is 12.7. The van der Waals surface area contributed by atoms with E-state index in [0.717, 1.165) is 28.3 Å². The monoisotopic (exact) mass is 368 g/mol. The van der Waals surface area contributed by atoms with Crippen LogP contribution in [0.5, 0.6) is 11.5 Å². The largest absolute Gasteiger partial charge is 0.496 e. The van der Waals surface area contributed by atoms with Crippen LogP contribution in [0.15, 0.2) is 72.8 Å². The van der Waals surface area contributed by atoms with Gasteiger partial charge in [-0.25, -0.2) is 5.43 Å². The highest BCUT2D eigenvalue weighted by atomic mass is 35.5. The molecule has 134 valence electrons. The van der Waals surface area contributed by atoms with Crippen molar-refractivity contribution in [1.82, 2.24) is 5.43 Å². The Hall–Kier alpha value is -2.69. The van der Waals surface area contributed by atoms with E-state index in [1.165, 1.54) is 0 Å². The second kappa shape index (κ2) is 9.13. The van der Waals surface area contributed by atoms with E-state index in [-0.39, 0.29) is 0 Å². The highest BCUT2D eigenvalue weighted by molar-refractivity contribution is 6.30. The van der Waals surface area contributed by atoms with Gasteiger partial charge in [-0.2, -0.15) is 0 Å². The van der Waals surface area contributed by atoms with Crippen LogP contribution >= 0.6 is 11.6 Å². The molecule has 3 aromatic carbocycles. The summed E-state index contributed by atoms with van der Waals surface area (Å²) in [5.41, 5.74) is 9.53. The summed E-state index contributed by atoms with van der Waals surface area (Å²) in [7, 11) is 1.66. The van der Waals surface area contributed by atoms with Gasteiger partial charge in [-0.3, -0.25) is 0 Å². The van der Waals surface area contributed by atoms with E-state index in [2.05, 4.69) is 16.9 Å². The van der Waals surface area contributed by atoms with Crippen LogP contribution in [0.25, 0.3) is 0 Å². The number of methoxy groups -OCH3 is 1. The summed E-state index contributed by atoms with van der Waals surface area (Å²) in [4.78, 5) is 0. The summed E-state index contributed by atoms with van der Waals surface area (Å²) in [6, 6.07) is 23.4. The lowest BCUT2D eigenvalue weighted by atomic mass is 10.1. The molecule has 2 N–H and O–H groups in total. The molecule has 4 nitrogen and oxygen atoms in total. The van der Waals surface area contributed by atoms with Gasteiger partial charge in [-0.1, -0.05) is 35.9 Å². The minimum absolute atomic E-state index is 0.421. The van der Waals surface area contributed by atoms with Gasteiger partial charge in [0.1, 0.15) is 18.1 Å². The van der Waals surface area contributed by atoms with Crippen molar-refractivity contribution in [3.05, 3.63) is 88.9 Å². The average molecular weight is 369 g/mol. The Morgan fingerprint density at radius 2 is 1.69 bits per heavy atom. The third-order valence-corrected chi connectivity index (χ3v) is 4.10. The number of nitrogens with one attached hydrogen (secondary N) is 2. The number of hydrogen-bond acceptors (Lipinski definition) is 4. The van der Waals surface area contributed by atoms with Crippen LogP contribution in [-0.2, 0) is 13.2 Å². The fourth-order valence-corrected chi connectivity index (χ4v) is 2.64. The standard InChI is InChI=1S/C21H21ClN2O2/c1-25-21-12-7-16(14-23-24-19-5-3-2-4-6-19)13-17(21)15-26-20-10-8-18(22)9-11-20/h2-13,23-24H,14-15H2,1H3. The van der Waals surface area contributed by atoms with Gasteiger partial charge in [0.25, 0.3) is 0 Å². The molecule has 0 spiro atoms. The van der Waals surface area contributed by atoms with Gasteiger partial charge in [0.2, 0.25) is 0 Å². The van der Waals surface area contributed by atoms with Crippen molar-refractivity contribution in [3.8, 4) is 11.5 Å². The van der Waals surface area contributed by atoms with Gasteiger partial charge in [-0.15, -0.1) is 0 Å². The van der Waals surface area contributed by atoms with E-state index < -0.39 is 0 Å². The van der Waals surface area contributed by atoms with Gasteiger partial charge >= 0.3 is 0 Å². The third-order valence-electron chi connectivity index (χ3n) is 3.85. The van der Waals surface area contributed by atoms with E-state index in [4.69, 9.17) is 21.1 Å². The zero-order valence-electron chi connectivity index (χ0n) is 14.5. The Balaban J connectivity index is 1.61. The molecule has 3 rings (SSSR count). The summed E-state index contributed by atoms with van der Waals surface area (Å²) in [5.74, 6) is 1.57. The average Bonchev–Trinajstić information content (AvgIpc) is 2.68. The predicted octanol–water partition coefficient (Wildman–Crippen LogP) is 5.04. The minimum Gasteiger partial charge on any atom is -0.496 e. The molecule has 5 heteroatoms. The molecular weight excluding hydrogens is 348 g/mol. The summed E-state index contributed by atoms with van der Waals surface area (Å²) in [5, 5.41) is 0.689. The van der Waals surface area contributed by atoms with Crippen molar-refractivity contribution >= 4 is 17.3 Å². The Kier molecular flexibility index (Phi) is 6.36. The minimum atomic E-state index is 0.421. The van der Waals surface area contributed by atoms with E-state index >= 15 is 0 Å². The van der Waals surface area contributed by atoms with Crippen molar-refractivity contribution in [2.75, 3.05) is 12.5 Å². The first-order valence-corrected chi connectivity index (χ1v) is 8.70. The fourth-order valence-electron chi connectivity index (χ4n) is 2.52. The molecule has 26 heavy (non-hydrogen) atoms. The Morgan fingerprint density at radius 3 is 2.42 bits per heavy atom. The van der Waals surface area contributed by atoms with Crippen LogP contribution in [-0.4, -0.2) is 7.11 Å². The molecule has 0 amide bonds. The normalized spacial score (nSPS) is 10.4. The van der Waals surface area contributed by atoms with E-state index in [9.17, 15) is 0 Å². The van der Waals surface area contributed by atoms with Crippen LogP contribution < -0.4 is 20.3 Å². The number of anilines is 1. The van der Waals surface area contributed by atoms with Crippen LogP contribution in [0, 0.1) is 0 Å². The maximum Gasteiger partial charge on any atom is 0.125 e. The van der Waals surface area contributed by atoms with Crippen molar-refractivity contribution < 1.29 is 9.47 Å². The van der Waals surface area contributed by atoms with Gasteiger partial charge in [0.05, 0.1) is 7.11 Å². The number of hydrogen-bond donors (Lipinski definition) is 2. The summed E-state index contributed by atoms with van der Waals surface area (Å²) >= 11 is 5.90. The number of hydrazine groups is 1. The quantitative estimate of drug-likeness (QED) is 0.546. The first kappa shape index (κ1) is 18.1. The van der Waals surface area contributed by atoms with Crippen LogP contribution in [0.4, 0.5) is 5.69 Å². The smallest absolute Gasteiger partial charge is 0.125 e. The molecule has 0 saturated carbocycles. The molecule has 0 radical (unpaired) electrons. The topological polar surface area (TPSA) is 42.5 Å². The van der Waals surface area contributed by atoms with Gasteiger partial charge < -0.3 is 14.9 Å². The molecule has 0 aliphatic heterocycles. The molecule has 0 atom stereocenters. The number of halogens is 1. The number of benzene rings is 3. The molecule has 3 aromatic rings. The zero-order valence-corrected chi connectivity index (χ0v) is 15.3. The highest BCUT2D eigenvalue weighted by Gasteiger charge is 2.06.